The summed E-state index contributed by atoms with van der Waals surface area (Å²) in [5.74, 6) is 0.516. The average molecular weight is 429 g/mol. The predicted molar refractivity (Wildman–Crippen MR) is 107 cm³/mol. The summed E-state index contributed by atoms with van der Waals surface area (Å²) in [6.07, 6.45) is -3.17. The second-order valence-electron chi connectivity index (χ2n) is 5.88. The van der Waals surface area contributed by atoms with Gasteiger partial charge >= 0.3 is 6.18 Å². The van der Waals surface area contributed by atoms with Crippen LogP contribution in [0.25, 0.3) is 11.3 Å². The molecule has 0 radical (unpaired) electrons. The van der Waals surface area contributed by atoms with Gasteiger partial charge in [0.05, 0.1) is 16.3 Å². The molecule has 28 heavy (non-hydrogen) atoms. The molecule has 4 nitrogen and oxygen atoms in total. The van der Waals surface area contributed by atoms with Crippen molar-refractivity contribution in [2.45, 2.75) is 12.2 Å². The molecule has 2 aromatic carbocycles. The van der Waals surface area contributed by atoms with E-state index in [9.17, 15) is 13.2 Å². The molecule has 1 aromatic heterocycles. The van der Waals surface area contributed by atoms with Gasteiger partial charge in [0.15, 0.2) is 0 Å². The smallest absolute Gasteiger partial charge is 0.368 e. The quantitative estimate of drug-likeness (QED) is 0.574. The van der Waals surface area contributed by atoms with E-state index in [1.165, 1.54) is 18.5 Å². The molecule has 1 unspecified atom stereocenters. The Morgan fingerprint density at radius 3 is 2.39 bits per heavy atom. The lowest BCUT2D eigenvalue weighted by molar-refractivity contribution is -0.137. The van der Waals surface area contributed by atoms with Crippen molar-refractivity contribution in [2.24, 2.45) is 5.73 Å². The molecule has 1 atom stereocenters. The van der Waals surface area contributed by atoms with Crippen molar-refractivity contribution in [2.75, 3.05) is 11.9 Å². The highest BCUT2D eigenvalue weighted by atomic mass is 35.5. The molecule has 1 heterocycles. The summed E-state index contributed by atoms with van der Waals surface area (Å²) >= 11 is 5.78. The average Bonchev–Trinajstić information content (AvgIpc) is 2.66. The zero-order valence-corrected chi connectivity index (χ0v) is 16.0. The zero-order chi connectivity index (χ0) is 19.4. The van der Waals surface area contributed by atoms with Crippen LogP contribution >= 0.6 is 24.0 Å². The second kappa shape index (κ2) is 9.23. The van der Waals surface area contributed by atoms with E-state index in [2.05, 4.69) is 15.3 Å². The molecule has 0 aliphatic rings. The van der Waals surface area contributed by atoms with Crippen molar-refractivity contribution in [3.8, 4) is 11.3 Å². The molecule has 0 fully saturated rings. The fraction of sp³-hybridized carbons (Fsp3) is 0.158. The lowest BCUT2D eigenvalue weighted by atomic mass is 10.1. The summed E-state index contributed by atoms with van der Waals surface area (Å²) in [6.45, 7) is 0.439. The number of nitrogens with zero attached hydrogens (tertiary/aromatic N) is 2. The van der Waals surface area contributed by atoms with Crippen LogP contribution in [0, 0.1) is 0 Å². The van der Waals surface area contributed by atoms with E-state index in [4.69, 9.17) is 17.3 Å². The van der Waals surface area contributed by atoms with Gasteiger partial charge in [-0.1, -0.05) is 48.0 Å². The van der Waals surface area contributed by atoms with Gasteiger partial charge < -0.3 is 11.1 Å². The maximum Gasteiger partial charge on any atom is 0.417 e. The minimum Gasteiger partial charge on any atom is -0.368 e. The Morgan fingerprint density at radius 1 is 1.04 bits per heavy atom. The number of benzene rings is 2. The first-order valence-electron chi connectivity index (χ1n) is 8.08. The normalized spacial score (nSPS) is 12.2. The third kappa shape index (κ3) is 5.34. The van der Waals surface area contributed by atoms with Gasteiger partial charge in [-0.2, -0.15) is 13.2 Å². The first kappa shape index (κ1) is 21.9. The fourth-order valence-corrected chi connectivity index (χ4v) is 2.84. The van der Waals surface area contributed by atoms with E-state index >= 15 is 0 Å². The number of hydrogen-bond acceptors (Lipinski definition) is 4. The van der Waals surface area contributed by atoms with E-state index in [0.29, 0.717) is 23.6 Å². The summed E-state index contributed by atoms with van der Waals surface area (Å²) in [7, 11) is 0. The van der Waals surface area contributed by atoms with Crippen LogP contribution in [-0.2, 0) is 6.18 Å². The van der Waals surface area contributed by atoms with Gasteiger partial charge in [0.1, 0.15) is 12.1 Å². The Bertz CT molecular complexity index is 921. The maximum absolute atomic E-state index is 12.8. The molecule has 0 aliphatic carbocycles. The summed E-state index contributed by atoms with van der Waals surface area (Å²) in [5.41, 5.74) is 7.16. The predicted octanol–water partition coefficient (Wildman–Crippen LogP) is 5.35. The summed E-state index contributed by atoms with van der Waals surface area (Å²) < 4.78 is 38.5. The fourth-order valence-electron chi connectivity index (χ4n) is 2.55. The SMILES string of the molecule is Cl.NC(CNc1cc(-c2ccc(C(F)(F)F)c(Cl)c2)ncn1)c1ccccc1. The maximum atomic E-state index is 12.8. The molecule has 3 rings (SSSR count). The van der Waals surface area contributed by atoms with Gasteiger partial charge in [0.25, 0.3) is 0 Å². The molecule has 3 N–H and O–H groups in total. The molecule has 0 amide bonds. The minimum absolute atomic E-state index is 0. The van der Waals surface area contributed by atoms with Crippen molar-refractivity contribution in [3.05, 3.63) is 77.1 Å². The molecule has 9 heteroatoms. The molecule has 0 saturated heterocycles. The van der Waals surface area contributed by atoms with E-state index in [1.54, 1.807) is 6.07 Å². The van der Waals surface area contributed by atoms with Gasteiger partial charge in [-0.3, -0.25) is 0 Å². The minimum atomic E-state index is -4.50. The molecular weight excluding hydrogens is 412 g/mol. The molecule has 0 spiro atoms. The van der Waals surface area contributed by atoms with Crippen LogP contribution in [-0.4, -0.2) is 16.5 Å². The van der Waals surface area contributed by atoms with E-state index in [0.717, 1.165) is 11.6 Å². The standard InChI is InChI=1S/C19H16ClF3N4.ClH/c20-15-8-13(6-7-14(15)19(21,22)23)17-9-18(27-11-26-17)25-10-16(24)12-4-2-1-3-5-12;/h1-9,11,16H,10,24H2,(H,25,26,27);1H. The number of nitrogens with two attached hydrogens (primary N) is 1. The lowest BCUT2D eigenvalue weighted by Gasteiger charge is -2.14. The van der Waals surface area contributed by atoms with Crippen LogP contribution in [0.2, 0.25) is 5.02 Å². The second-order valence-corrected chi connectivity index (χ2v) is 6.29. The van der Waals surface area contributed by atoms with Crippen molar-refractivity contribution in [3.63, 3.8) is 0 Å². The lowest BCUT2D eigenvalue weighted by Crippen LogP contribution is -2.20. The van der Waals surface area contributed by atoms with Crippen molar-refractivity contribution in [1.82, 2.24) is 9.97 Å². The van der Waals surface area contributed by atoms with Gasteiger partial charge in [-0.25, -0.2) is 9.97 Å². The van der Waals surface area contributed by atoms with Crippen molar-refractivity contribution in [1.29, 1.82) is 0 Å². The zero-order valence-electron chi connectivity index (χ0n) is 14.4. The highest BCUT2D eigenvalue weighted by Gasteiger charge is 2.33. The summed E-state index contributed by atoms with van der Waals surface area (Å²) in [4.78, 5) is 8.22. The third-order valence-corrected chi connectivity index (χ3v) is 4.28. The number of alkyl halides is 3. The largest absolute Gasteiger partial charge is 0.417 e. The Hall–Kier alpha value is -2.35. The van der Waals surface area contributed by atoms with E-state index in [-0.39, 0.29) is 23.5 Å². The van der Waals surface area contributed by atoms with Gasteiger partial charge in [0, 0.05) is 24.2 Å². The molecule has 0 saturated carbocycles. The van der Waals surface area contributed by atoms with Gasteiger partial charge in [0.2, 0.25) is 0 Å². The van der Waals surface area contributed by atoms with Crippen LogP contribution in [0.1, 0.15) is 17.2 Å². The van der Waals surface area contributed by atoms with E-state index < -0.39 is 11.7 Å². The Morgan fingerprint density at radius 2 is 1.75 bits per heavy atom. The Labute approximate surface area is 171 Å². The molecule has 0 bridgehead atoms. The van der Waals surface area contributed by atoms with Crippen LogP contribution in [0.3, 0.4) is 0 Å². The molecular formula is C19H17Cl2F3N4. The number of nitrogens with one attached hydrogen (secondary N) is 1. The Balaban J connectivity index is 0.00000280. The Kier molecular flexibility index (Phi) is 7.23. The number of aromatic nitrogens is 2. The van der Waals surface area contributed by atoms with Crippen LogP contribution in [0.4, 0.5) is 19.0 Å². The van der Waals surface area contributed by atoms with Gasteiger partial charge in [-0.15, -0.1) is 12.4 Å². The summed E-state index contributed by atoms with van der Waals surface area (Å²) in [5, 5.41) is 2.74. The van der Waals surface area contributed by atoms with Gasteiger partial charge in [-0.05, 0) is 17.7 Å². The first-order valence-corrected chi connectivity index (χ1v) is 8.46. The topological polar surface area (TPSA) is 63.8 Å². The third-order valence-electron chi connectivity index (χ3n) is 3.97. The number of rotatable bonds is 5. The summed E-state index contributed by atoms with van der Waals surface area (Å²) in [6, 6.07) is 14.5. The monoisotopic (exact) mass is 428 g/mol. The van der Waals surface area contributed by atoms with Crippen molar-refractivity contribution >= 4 is 29.8 Å². The number of halogens is 5. The molecule has 0 aliphatic heterocycles. The van der Waals surface area contributed by atoms with Crippen LogP contribution < -0.4 is 11.1 Å². The molecule has 3 aromatic rings. The highest BCUT2D eigenvalue weighted by Crippen LogP contribution is 2.36. The van der Waals surface area contributed by atoms with Crippen LogP contribution in [0.15, 0.2) is 60.9 Å². The number of anilines is 1. The van der Waals surface area contributed by atoms with E-state index in [1.807, 2.05) is 30.3 Å². The number of hydrogen-bond donors (Lipinski definition) is 2. The molecule has 148 valence electrons. The van der Waals surface area contributed by atoms with Crippen molar-refractivity contribution < 1.29 is 13.2 Å². The first-order chi connectivity index (χ1) is 12.8. The highest BCUT2D eigenvalue weighted by molar-refractivity contribution is 6.31. The van der Waals surface area contributed by atoms with Crippen LogP contribution in [0.5, 0.6) is 0 Å².